The van der Waals surface area contributed by atoms with E-state index in [1.54, 1.807) is 31.2 Å². The molecule has 0 aliphatic heterocycles. The summed E-state index contributed by atoms with van der Waals surface area (Å²) in [5, 5.41) is 0.597. The summed E-state index contributed by atoms with van der Waals surface area (Å²) in [5.74, 6) is -0.424. The third-order valence-electron chi connectivity index (χ3n) is 2.85. The van der Waals surface area contributed by atoms with Gasteiger partial charge in [-0.05, 0) is 61.4 Å². The minimum Gasteiger partial charge on any atom is -0.289 e. The van der Waals surface area contributed by atoms with Crippen LogP contribution in [0.5, 0.6) is 0 Å². The van der Waals surface area contributed by atoms with E-state index in [0.717, 1.165) is 5.56 Å². The van der Waals surface area contributed by atoms with Crippen LogP contribution in [-0.4, -0.2) is 5.78 Å². The minimum atomic E-state index is -0.306. The second-order valence-electron chi connectivity index (χ2n) is 4.25. The summed E-state index contributed by atoms with van der Waals surface area (Å²) < 4.78 is 13.2. The monoisotopic (exact) mass is 262 g/mol. The number of hydrogen-bond donors (Lipinski definition) is 0. The highest BCUT2D eigenvalue weighted by atomic mass is 35.5. The molecule has 0 bridgehead atoms. The molecule has 2 aromatic carbocycles. The van der Waals surface area contributed by atoms with E-state index in [9.17, 15) is 9.18 Å². The Bertz CT molecular complexity index is 620. The molecule has 0 spiro atoms. The van der Waals surface area contributed by atoms with E-state index in [4.69, 9.17) is 11.6 Å². The van der Waals surface area contributed by atoms with Crippen LogP contribution in [0.25, 0.3) is 0 Å². The molecule has 0 saturated carbocycles. The lowest BCUT2D eigenvalue weighted by Gasteiger charge is -2.06. The molecule has 0 atom stereocenters. The Kier molecular flexibility index (Phi) is 3.48. The first kappa shape index (κ1) is 12.8. The first-order chi connectivity index (χ1) is 8.49. The van der Waals surface area contributed by atoms with Crippen molar-refractivity contribution in [3.8, 4) is 0 Å². The summed E-state index contributed by atoms with van der Waals surface area (Å²) in [5.41, 5.74) is 2.35. The lowest BCUT2D eigenvalue weighted by atomic mass is 9.98. The van der Waals surface area contributed by atoms with Gasteiger partial charge in [0.05, 0.1) is 0 Å². The average molecular weight is 263 g/mol. The van der Waals surface area contributed by atoms with E-state index in [1.807, 2.05) is 6.92 Å². The van der Waals surface area contributed by atoms with Gasteiger partial charge in [-0.15, -0.1) is 0 Å². The number of halogens is 2. The quantitative estimate of drug-likeness (QED) is 0.737. The Morgan fingerprint density at radius 2 is 1.78 bits per heavy atom. The molecule has 3 heteroatoms. The fraction of sp³-hybridized carbons (Fsp3) is 0.133. The molecule has 0 radical (unpaired) electrons. The van der Waals surface area contributed by atoms with Crippen molar-refractivity contribution in [2.45, 2.75) is 13.8 Å². The Morgan fingerprint density at radius 3 is 2.39 bits per heavy atom. The van der Waals surface area contributed by atoms with Gasteiger partial charge in [-0.25, -0.2) is 4.39 Å². The minimum absolute atomic E-state index is 0.118. The Labute approximate surface area is 110 Å². The van der Waals surface area contributed by atoms with Gasteiger partial charge in [-0.3, -0.25) is 4.79 Å². The molecule has 0 heterocycles. The molecule has 2 aromatic rings. The highest BCUT2D eigenvalue weighted by molar-refractivity contribution is 6.30. The van der Waals surface area contributed by atoms with Gasteiger partial charge >= 0.3 is 0 Å². The number of carbonyl (C=O) groups excluding carboxylic acids is 1. The van der Waals surface area contributed by atoms with Gasteiger partial charge in [0.15, 0.2) is 5.78 Å². The molecule has 0 aromatic heterocycles. The van der Waals surface area contributed by atoms with Crippen LogP contribution in [0.1, 0.15) is 27.0 Å². The summed E-state index contributed by atoms with van der Waals surface area (Å²) in [6, 6.07) is 9.49. The van der Waals surface area contributed by atoms with Crippen molar-refractivity contribution in [3.63, 3.8) is 0 Å². The van der Waals surface area contributed by atoms with E-state index in [2.05, 4.69) is 0 Å². The third-order valence-corrected chi connectivity index (χ3v) is 3.09. The summed E-state index contributed by atoms with van der Waals surface area (Å²) in [7, 11) is 0. The lowest BCUT2D eigenvalue weighted by Crippen LogP contribution is -2.04. The van der Waals surface area contributed by atoms with E-state index < -0.39 is 0 Å². The first-order valence-corrected chi connectivity index (χ1v) is 5.94. The van der Waals surface area contributed by atoms with E-state index in [0.29, 0.717) is 21.7 Å². The second kappa shape index (κ2) is 4.91. The summed E-state index contributed by atoms with van der Waals surface area (Å²) in [6.45, 7) is 3.47. The Hall–Kier alpha value is -1.67. The maximum Gasteiger partial charge on any atom is 0.193 e. The molecule has 0 saturated heterocycles. The zero-order valence-corrected chi connectivity index (χ0v) is 10.9. The van der Waals surface area contributed by atoms with Crippen molar-refractivity contribution in [3.05, 3.63) is 69.5 Å². The van der Waals surface area contributed by atoms with Crippen molar-refractivity contribution >= 4 is 17.4 Å². The number of rotatable bonds is 2. The number of hydrogen-bond acceptors (Lipinski definition) is 1. The largest absolute Gasteiger partial charge is 0.289 e. The smallest absolute Gasteiger partial charge is 0.193 e. The molecule has 0 aliphatic carbocycles. The van der Waals surface area contributed by atoms with Crippen LogP contribution in [0, 0.1) is 19.7 Å². The highest BCUT2D eigenvalue weighted by Gasteiger charge is 2.13. The molecule has 92 valence electrons. The van der Waals surface area contributed by atoms with E-state index >= 15 is 0 Å². The van der Waals surface area contributed by atoms with Gasteiger partial charge < -0.3 is 0 Å². The predicted molar refractivity (Wildman–Crippen MR) is 70.8 cm³/mol. The van der Waals surface area contributed by atoms with Gasteiger partial charge in [-0.1, -0.05) is 11.6 Å². The molecule has 0 unspecified atom stereocenters. The second-order valence-corrected chi connectivity index (χ2v) is 4.69. The number of ketones is 1. The van der Waals surface area contributed by atoms with Crippen LogP contribution in [0.3, 0.4) is 0 Å². The van der Waals surface area contributed by atoms with Crippen molar-refractivity contribution in [1.82, 2.24) is 0 Å². The number of carbonyl (C=O) groups is 1. The SMILES string of the molecule is Cc1cc(C(=O)c2ccc(Cl)cc2C)ccc1F. The maximum absolute atomic E-state index is 13.2. The van der Waals surface area contributed by atoms with Gasteiger partial charge in [-0.2, -0.15) is 0 Å². The van der Waals surface area contributed by atoms with Crippen molar-refractivity contribution < 1.29 is 9.18 Å². The van der Waals surface area contributed by atoms with Gasteiger partial charge in [0, 0.05) is 16.1 Å². The molecular formula is C15H12ClFO. The Morgan fingerprint density at radius 1 is 1.06 bits per heavy atom. The number of benzene rings is 2. The van der Waals surface area contributed by atoms with Crippen molar-refractivity contribution in [2.24, 2.45) is 0 Å². The summed E-state index contributed by atoms with van der Waals surface area (Å²) in [6.07, 6.45) is 0. The van der Waals surface area contributed by atoms with Crippen LogP contribution in [0.2, 0.25) is 5.02 Å². The van der Waals surface area contributed by atoms with E-state index in [-0.39, 0.29) is 11.6 Å². The zero-order chi connectivity index (χ0) is 13.3. The zero-order valence-electron chi connectivity index (χ0n) is 10.1. The predicted octanol–water partition coefficient (Wildman–Crippen LogP) is 4.33. The first-order valence-electron chi connectivity index (χ1n) is 5.56. The Balaban J connectivity index is 2.44. The highest BCUT2D eigenvalue weighted by Crippen LogP contribution is 2.19. The fourth-order valence-electron chi connectivity index (χ4n) is 1.82. The molecule has 0 N–H and O–H groups in total. The average Bonchev–Trinajstić information content (AvgIpc) is 2.32. The topological polar surface area (TPSA) is 17.1 Å². The third kappa shape index (κ3) is 2.44. The maximum atomic E-state index is 13.2. The summed E-state index contributed by atoms with van der Waals surface area (Å²) >= 11 is 5.85. The molecule has 0 fully saturated rings. The van der Waals surface area contributed by atoms with Crippen LogP contribution >= 0.6 is 11.6 Å². The molecular weight excluding hydrogens is 251 g/mol. The molecule has 0 aliphatic rings. The van der Waals surface area contributed by atoms with E-state index in [1.165, 1.54) is 12.1 Å². The van der Waals surface area contributed by atoms with Crippen molar-refractivity contribution in [2.75, 3.05) is 0 Å². The van der Waals surface area contributed by atoms with Gasteiger partial charge in [0.25, 0.3) is 0 Å². The standard InChI is InChI=1S/C15H12ClFO/c1-9-8-12(16)4-5-13(9)15(18)11-3-6-14(17)10(2)7-11/h3-8H,1-2H3. The van der Waals surface area contributed by atoms with Crippen LogP contribution in [0.4, 0.5) is 4.39 Å². The van der Waals surface area contributed by atoms with Gasteiger partial charge in [0.2, 0.25) is 0 Å². The fourth-order valence-corrected chi connectivity index (χ4v) is 2.05. The van der Waals surface area contributed by atoms with Gasteiger partial charge in [0.1, 0.15) is 5.82 Å². The van der Waals surface area contributed by atoms with Crippen molar-refractivity contribution in [1.29, 1.82) is 0 Å². The van der Waals surface area contributed by atoms with Crippen LogP contribution < -0.4 is 0 Å². The van der Waals surface area contributed by atoms with Crippen LogP contribution in [-0.2, 0) is 0 Å². The molecule has 18 heavy (non-hydrogen) atoms. The summed E-state index contributed by atoms with van der Waals surface area (Å²) in [4.78, 5) is 12.3. The molecule has 0 amide bonds. The van der Waals surface area contributed by atoms with Crippen LogP contribution in [0.15, 0.2) is 36.4 Å². The lowest BCUT2D eigenvalue weighted by molar-refractivity contribution is 0.103. The normalized spacial score (nSPS) is 10.4. The molecule has 2 rings (SSSR count). The molecule has 1 nitrogen and oxygen atoms in total. The number of aryl methyl sites for hydroxylation is 2.